The molecule has 1 aromatic heterocycles. The van der Waals surface area contributed by atoms with Crippen molar-refractivity contribution in [1.29, 1.82) is 5.41 Å². The molecule has 0 bridgehead atoms. The second-order valence-electron chi connectivity index (χ2n) is 10.9. The predicted octanol–water partition coefficient (Wildman–Crippen LogP) is 4.11. The third-order valence-corrected chi connectivity index (χ3v) is 7.02. The molecule has 0 aliphatic carbocycles. The smallest absolute Gasteiger partial charge is 0.481 e. The number of nitrogen functional groups attached to an aromatic ring is 1. The molecular formula is C32H29F6N3O12. The monoisotopic (exact) mass is 761 g/mol. The molecule has 0 saturated carbocycles. The number of halogens is 6. The molecule has 3 aromatic rings. The maximum absolute atomic E-state index is 13.3. The van der Waals surface area contributed by atoms with E-state index in [2.05, 4.69) is 0 Å². The number of carbonyl (C=O) groups excluding carboxylic acids is 2. The van der Waals surface area contributed by atoms with Gasteiger partial charge in [-0.3, -0.25) is 24.7 Å². The molecule has 0 amide bonds. The number of ketones is 1. The molecule has 2 atom stereocenters. The number of fused-ring (bicyclic) bond motifs is 1. The summed E-state index contributed by atoms with van der Waals surface area (Å²) in [5.41, 5.74) is 7.88. The van der Waals surface area contributed by atoms with E-state index in [0.717, 1.165) is 11.1 Å². The fourth-order valence-corrected chi connectivity index (χ4v) is 4.53. The van der Waals surface area contributed by atoms with Crippen LogP contribution in [0.4, 0.5) is 26.3 Å². The molecule has 0 fully saturated rings. The Morgan fingerprint density at radius 1 is 0.830 bits per heavy atom. The van der Waals surface area contributed by atoms with Gasteiger partial charge in [-0.25, -0.2) is 14.4 Å². The van der Waals surface area contributed by atoms with Crippen molar-refractivity contribution in [1.82, 2.24) is 4.90 Å². The number of Topliss-reactive ketones (excluding diaryl/α,β-unsaturated/α-hetero) is 1. The quantitative estimate of drug-likeness (QED) is 0.0529. The van der Waals surface area contributed by atoms with Crippen molar-refractivity contribution in [2.24, 2.45) is 11.7 Å². The van der Waals surface area contributed by atoms with Gasteiger partial charge in [-0.05, 0) is 53.9 Å². The van der Waals surface area contributed by atoms with Crippen LogP contribution < -0.4 is 10.5 Å². The molecule has 15 nitrogen and oxygen atoms in total. The second-order valence-corrected chi connectivity index (χ2v) is 10.9. The van der Waals surface area contributed by atoms with Crippen molar-refractivity contribution in [3.63, 3.8) is 0 Å². The average Bonchev–Trinajstić information content (AvgIpc) is 3.52. The number of nitrogens with zero attached hydrogens (tertiary/aromatic N) is 1. The van der Waals surface area contributed by atoms with Crippen LogP contribution in [0.2, 0.25) is 0 Å². The average molecular weight is 762 g/mol. The van der Waals surface area contributed by atoms with Crippen LogP contribution in [0.3, 0.4) is 0 Å². The van der Waals surface area contributed by atoms with Gasteiger partial charge in [0.2, 0.25) is 5.76 Å². The molecule has 0 spiro atoms. The SMILES string of the molecule is N=C(N)c1ccc(OC(=O)c2ccc(CN3Cc4ccccc4C[C@H]3C(=O)C[C@@H](CC(=O)O)C(=O)O)o2)cc1.O=C(O)C(F)(F)F.O=C(O)C(F)(F)F. The Balaban J connectivity index is 0.000000587. The molecule has 0 radical (unpaired) electrons. The third-order valence-electron chi connectivity index (χ3n) is 7.02. The molecule has 7 N–H and O–H groups in total. The number of furan rings is 1. The van der Waals surface area contributed by atoms with Gasteiger partial charge in [-0.15, -0.1) is 0 Å². The first-order chi connectivity index (χ1) is 24.5. The zero-order chi connectivity index (χ0) is 40.3. The van der Waals surface area contributed by atoms with Crippen LogP contribution in [0.1, 0.15) is 45.8 Å². The molecule has 53 heavy (non-hydrogen) atoms. The molecule has 2 heterocycles. The number of carbonyl (C=O) groups is 6. The van der Waals surface area contributed by atoms with E-state index in [1.807, 2.05) is 29.2 Å². The second kappa shape index (κ2) is 18.3. The highest BCUT2D eigenvalue weighted by Crippen LogP contribution is 2.28. The van der Waals surface area contributed by atoms with Gasteiger partial charge in [-0.1, -0.05) is 24.3 Å². The lowest BCUT2D eigenvalue weighted by atomic mass is 9.87. The number of amidine groups is 1. The number of ether oxygens (including phenoxy) is 1. The van der Waals surface area contributed by atoms with Crippen LogP contribution in [0, 0.1) is 11.3 Å². The number of rotatable bonds is 11. The number of aliphatic carboxylic acids is 4. The van der Waals surface area contributed by atoms with Crippen LogP contribution in [-0.2, 0) is 43.5 Å². The summed E-state index contributed by atoms with van der Waals surface area (Å²) in [5.74, 6) is -10.1. The summed E-state index contributed by atoms with van der Waals surface area (Å²) in [4.78, 5) is 68.2. The number of hydrogen-bond acceptors (Lipinski definition) is 10. The number of nitrogens with two attached hydrogens (primary N) is 1. The van der Waals surface area contributed by atoms with Crippen molar-refractivity contribution in [3.05, 3.63) is 88.9 Å². The zero-order valence-electron chi connectivity index (χ0n) is 26.8. The number of carboxylic acids is 4. The first kappa shape index (κ1) is 42.9. The normalized spacial score (nSPS) is 14.5. The molecule has 4 rings (SSSR count). The van der Waals surface area contributed by atoms with Gasteiger partial charge in [0, 0.05) is 18.5 Å². The highest BCUT2D eigenvalue weighted by atomic mass is 19.4. The van der Waals surface area contributed by atoms with Crippen LogP contribution in [-0.4, -0.2) is 85.2 Å². The van der Waals surface area contributed by atoms with Gasteiger partial charge >= 0.3 is 42.2 Å². The van der Waals surface area contributed by atoms with Gasteiger partial charge in [0.15, 0.2) is 5.78 Å². The Hall–Kier alpha value is -6.25. The number of hydrogen-bond donors (Lipinski definition) is 6. The first-order valence-corrected chi connectivity index (χ1v) is 14.6. The van der Waals surface area contributed by atoms with E-state index in [1.165, 1.54) is 18.2 Å². The lowest BCUT2D eigenvalue weighted by Gasteiger charge is -2.35. The summed E-state index contributed by atoms with van der Waals surface area (Å²) in [6, 6.07) is 16.1. The minimum Gasteiger partial charge on any atom is -0.481 e. The fraction of sp³-hybridized carbons (Fsp3) is 0.281. The van der Waals surface area contributed by atoms with Crippen LogP contribution in [0.25, 0.3) is 0 Å². The Bertz CT molecular complexity index is 1800. The number of nitrogens with one attached hydrogen (secondary N) is 1. The standard InChI is InChI=1S/C28H27N3O8.2C2HF3O2/c29-26(30)16-5-7-20(8-6-16)39-28(37)24-10-9-21(38-24)15-31-14-18-4-2-1-3-17(18)11-22(31)23(32)12-19(27(35)36)13-25(33)34;2*3-2(4,5)1(6)7/h1-10,19,22H,11-15H2,(H3,29,30)(H,33,34)(H,35,36);2*(H,6,7)/t19-,22-;;/m0../s1. The van der Waals surface area contributed by atoms with Crippen LogP contribution >= 0.6 is 0 Å². The van der Waals surface area contributed by atoms with E-state index in [1.54, 1.807) is 18.2 Å². The summed E-state index contributed by atoms with van der Waals surface area (Å²) < 4.78 is 74.5. The van der Waals surface area contributed by atoms with E-state index >= 15 is 0 Å². The van der Waals surface area contributed by atoms with Crippen LogP contribution in [0.15, 0.2) is 65.1 Å². The van der Waals surface area contributed by atoms with Crippen molar-refractivity contribution in [3.8, 4) is 5.75 Å². The molecule has 21 heteroatoms. The Morgan fingerprint density at radius 2 is 1.36 bits per heavy atom. The molecule has 1 aliphatic rings. The van der Waals surface area contributed by atoms with Crippen molar-refractivity contribution >= 4 is 41.5 Å². The highest BCUT2D eigenvalue weighted by molar-refractivity contribution is 5.95. The van der Waals surface area contributed by atoms with E-state index < -0.39 is 67.0 Å². The minimum absolute atomic E-state index is 0.0478. The van der Waals surface area contributed by atoms with Gasteiger partial charge < -0.3 is 35.3 Å². The fourth-order valence-electron chi connectivity index (χ4n) is 4.53. The zero-order valence-corrected chi connectivity index (χ0v) is 26.8. The van der Waals surface area contributed by atoms with Crippen molar-refractivity contribution < 1.29 is 84.7 Å². The Labute approximate surface area is 293 Å². The minimum atomic E-state index is -5.08. The van der Waals surface area contributed by atoms with Gasteiger partial charge in [0.1, 0.15) is 17.3 Å². The molecule has 0 unspecified atom stereocenters. The number of carboxylic acid groups (broad SMARTS) is 4. The van der Waals surface area contributed by atoms with E-state index in [0.29, 0.717) is 24.3 Å². The maximum Gasteiger partial charge on any atom is 0.490 e. The first-order valence-electron chi connectivity index (χ1n) is 14.6. The largest absolute Gasteiger partial charge is 0.490 e. The summed E-state index contributed by atoms with van der Waals surface area (Å²) in [7, 11) is 0. The lowest BCUT2D eigenvalue weighted by molar-refractivity contribution is -0.193. The summed E-state index contributed by atoms with van der Waals surface area (Å²) in [5, 5.41) is 40.2. The van der Waals surface area contributed by atoms with Crippen LogP contribution in [0.5, 0.6) is 5.75 Å². The van der Waals surface area contributed by atoms with Gasteiger partial charge in [0.25, 0.3) is 0 Å². The van der Waals surface area contributed by atoms with Crippen molar-refractivity contribution in [2.75, 3.05) is 0 Å². The van der Waals surface area contributed by atoms with E-state index in [-0.39, 0.29) is 29.7 Å². The molecule has 2 aromatic carbocycles. The molecule has 1 aliphatic heterocycles. The maximum atomic E-state index is 13.3. The number of benzene rings is 2. The predicted molar refractivity (Wildman–Crippen MR) is 165 cm³/mol. The van der Waals surface area contributed by atoms with E-state index in [9.17, 15) is 50.6 Å². The Kier molecular flexibility index (Phi) is 14.8. The highest BCUT2D eigenvalue weighted by Gasteiger charge is 2.39. The van der Waals surface area contributed by atoms with Gasteiger partial charge in [0.05, 0.1) is 24.9 Å². The number of alkyl halides is 6. The summed E-state index contributed by atoms with van der Waals surface area (Å²) in [6.45, 7) is 0.536. The van der Waals surface area contributed by atoms with Crippen molar-refractivity contribution in [2.45, 2.75) is 50.7 Å². The topological polar surface area (TPSA) is 259 Å². The molecule has 0 saturated heterocycles. The Morgan fingerprint density at radius 3 is 1.83 bits per heavy atom. The summed E-state index contributed by atoms with van der Waals surface area (Å²) in [6.07, 6.45) is -10.9. The van der Waals surface area contributed by atoms with Gasteiger partial charge in [-0.2, -0.15) is 26.3 Å². The number of esters is 1. The molecular weight excluding hydrogens is 732 g/mol. The van der Waals surface area contributed by atoms with E-state index in [4.69, 9.17) is 45.2 Å². The lowest BCUT2D eigenvalue weighted by Crippen LogP contribution is -2.46. The summed E-state index contributed by atoms with van der Waals surface area (Å²) >= 11 is 0. The molecule has 286 valence electrons. The third kappa shape index (κ3) is 13.8.